The van der Waals surface area contributed by atoms with Crippen molar-refractivity contribution < 1.29 is 28.9 Å². The maximum absolute atomic E-state index is 10.6. The van der Waals surface area contributed by atoms with Crippen LogP contribution in [0.1, 0.15) is 19.4 Å². The Hall–Kier alpha value is -1.06. The van der Waals surface area contributed by atoms with E-state index in [0.29, 0.717) is 13.2 Å². The third kappa shape index (κ3) is 3.59. The molecule has 0 aliphatic carbocycles. The molecule has 2 aliphatic heterocycles. The number of aliphatic hydroxyl groups is 1. The molecule has 0 aromatic heterocycles. The van der Waals surface area contributed by atoms with Crippen LogP contribution in [0.4, 0.5) is 0 Å². The highest BCUT2D eigenvalue weighted by Gasteiger charge is 2.58. The molecule has 0 saturated carbocycles. The van der Waals surface area contributed by atoms with Crippen molar-refractivity contribution in [1.29, 1.82) is 0 Å². The van der Waals surface area contributed by atoms with Gasteiger partial charge in [-0.05, 0) is 19.4 Å². The van der Waals surface area contributed by atoms with Crippen LogP contribution in [-0.4, -0.2) is 67.4 Å². The predicted molar refractivity (Wildman–Crippen MR) is 89.4 cm³/mol. The fourth-order valence-electron chi connectivity index (χ4n) is 3.58. The largest absolute Gasteiger partial charge is 0.385 e. The molecule has 25 heavy (non-hydrogen) atoms. The van der Waals surface area contributed by atoms with Crippen LogP contribution in [-0.2, 0) is 30.3 Å². The number of hydrogen-bond donors (Lipinski definition) is 1. The number of benzene rings is 1. The summed E-state index contributed by atoms with van der Waals surface area (Å²) in [4.78, 5) is 5.83. The van der Waals surface area contributed by atoms with E-state index in [4.69, 9.17) is 23.8 Å². The van der Waals surface area contributed by atoms with Gasteiger partial charge in [0.05, 0.1) is 13.2 Å². The van der Waals surface area contributed by atoms with Gasteiger partial charge in [0, 0.05) is 20.8 Å². The van der Waals surface area contributed by atoms with E-state index in [1.54, 1.807) is 5.06 Å². The summed E-state index contributed by atoms with van der Waals surface area (Å²) in [5.74, 6) is -1.99. The van der Waals surface area contributed by atoms with Gasteiger partial charge >= 0.3 is 0 Å². The Kier molecular flexibility index (Phi) is 5.45. The maximum atomic E-state index is 10.6. The van der Waals surface area contributed by atoms with E-state index in [1.165, 1.54) is 14.2 Å². The monoisotopic (exact) mass is 353 g/mol. The minimum absolute atomic E-state index is 0.0714. The molecule has 0 spiro atoms. The van der Waals surface area contributed by atoms with Gasteiger partial charge in [-0.1, -0.05) is 30.3 Å². The van der Waals surface area contributed by atoms with Crippen molar-refractivity contribution in [2.75, 3.05) is 27.4 Å². The lowest BCUT2D eigenvalue weighted by Crippen LogP contribution is -2.70. The predicted octanol–water partition coefficient (Wildman–Crippen LogP) is 1.30. The summed E-state index contributed by atoms with van der Waals surface area (Å²) in [6.07, 6.45) is -1.33. The average molecular weight is 353 g/mol. The summed E-state index contributed by atoms with van der Waals surface area (Å²) >= 11 is 0. The lowest BCUT2D eigenvalue weighted by atomic mass is 9.93. The Morgan fingerprint density at radius 3 is 2.40 bits per heavy atom. The Labute approximate surface area is 148 Å². The Morgan fingerprint density at radius 2 is 1.84 bits per heavy atom. The average Bonchev–Trinajstić information content (AvgIpc) is 2.96. The van der Waals surface area contributed by atoms with Crippen molar-refractivity contribution in [2.45, 2.75) is 50.2 Å². The molecule has 2 aliphatic rings. The van der Waals surface area contributed by atoms with Gasteiger partial charge in [0.1, 0.15) is 18.2 Å². The molecule has 0 radical (unpaired) electrons. The smallest absolute Gasteiger partial charge is 0.217 e. The first kappa shape index (κ1) is 18.7. The fraction of sp³-hybridized carbons (Fsp3) is 0.667. The number of nitrogens with zero attached hydrogens (tertiary/aromatic N) is 1. The summed E-state index contributed by atoms with van der Waals surface area (Å²) in [5.41, 5.74) is 1.07. The first-order valence-electron chi connectivity index (χ1n) is 8.45. The second-order valence-corrected chi connectivity index (χ2v) is 6.81. The van der Waals surface area contributed by atoms with Gasteiger partial charge < -0.3 is 24.1 Å². The zero-order valence-electron chi connectivity index (χ0n) is 15.2. The van der Waals surface area contributed by atoms with Gasteiger partial charge in [-0.25, -0.2) is 0 Å². The molecular weight excluding hydrogens is 326 g/mol. The number of aliphatic hydroxyl groups excluding tert-OH is 1. The van der Waals surface area contributed by atoms with Crippen molar-refractivity contribution in [1.82, 2.24) is 5.06 Å². The van der Waals surface area contributed by atoms with Crippen molar-refractivity contribution in [2.24, 2.45) is 0 Å². The third-order valence-electron chi connectivity index (χ3n) is 4.79. The highest BCUT2D eigenvalue weighted by atomic mass is 16.8. The second kappa shape index (κ2) is 7.28. The molecule has 1 aromatic rings. The number of ether oxygens (including phenoxy) is 4. The Bertz CT molecular complexity index is 562. The van der Waals surface area contributed by atoms with Crippen LogP contribution in [0.3, 0.4) is 0 Å². The minimum Gasteiger partial charge on any atom is -0.385 e. The van der Waals surface area contributed by atoms with Gasteiger partial charge in [0.2, 0.25) is 5.79 Å². The lowest BCUT2D eigenvalue weighted by Gasteiger charge is -2.50. The fourth-order valence-corrected chi connectivity index (χ4v) is 3.58. The van der Waals surface area contributed by atoms with Gasteiger partial charge in [-0.2, -0.15) is 5.06 Å². The zero-order chi connectivity index (χ0) is 18.1. The number of rotatable bonds is 5. The Balaban J connectivity index is 1.92. The molecule has 1 aromatic carbocycles. The summed E-state index contributed by atoms with van der Waals surface area (Å²) in [6, 6.07) is 9.44. The number of methoxy groups -OCH3 is 2. The molecule has 0 amide bonds. The van der Waals surface area contributed by atoms with Crippen molar-refractivity contribution >= 4 is 0 Å². The van der Waals surface area contributed by atoms with Crippen LogP contribution < -0.4 is 0 Å². The summed E-state index contributed by atoms with van der Waals surface area (Å²) in [6.45, 7) is 4.65. The molecule has 2 fully saturated rings. The second-order valence-electron chi connectivity index (χ2n) is 6.81. The van der Waals surface area contributed by atoms with Crippen LogP contribution in [0.2, 0.25) is 0 Å². The topological polar surface area (TPSA) is 69.6 Å². The highest BCUT2D eigenvalue weighted by Crippen LogP contribution is 2.38. The van der Waals surface area contributed by atoms with E-state index in [9.17, 15) is 5.11 Å². The quantitative estimate of drug-likeness (QED) is 0.800. The first-order valence-corrected chi connectivity index (χ1v) is 8.45. The SMILES string of the molecule is COC1(OC)[C@@H](O)CON(Cc2ccccc2)[C@@H]1[C@H]1COC(C)(C)O1. The van der Waals surface area contributed by atoms with Crippen LogP contribution in [0.25, 0.3) is 0 Å². The molecule has 2 saturated heterocycles. The molecule has 0 unspecified atom stereocenters. The summed E-state index contributed by atoms with van der Waals surface area (Å²) in [7, 11) is 3.04. The number of hydroxylamine groups is 2. The van der Waals surface area contributed by atoms with Crippen molar-refractivity contribution in [3.05, 3.63) is 35.9 Å². The molecule has 1 N–H and O–H groups in total. The molecule has 2 heterocycles. The molecule has 3 atom stereocenters. The van der Waals surface area contributed by atoms with Crippen LogP contribution >= 0.6 is 0 Å². The Morgan fingerprint density at radius 1 is 1.16 bits per heavy atom. The zero-order valence-corrected chi connectivity index (χ0v) is 15.2. The van der Waals surface area contributed by atoms with E-state index < -0.39 is 23.7 Å². The number of hydrogen-bond acceptors (Lipinski definition) is 7. The van der Waals surface area contributed by atoms with E-state index >= 15 is 0 Å². The molecule has 0 bridgehead atoms. The summed E-state index contributed by atoms with van der Waals surface area (Å²) in [5, 5.41) is 12.3. The molecule has 7 heteroatoms. The molecule has 3 rings (SSSR count). The van der Waals surface area contributed by atoms with Crippen LogP contribution in [0, 0.1) is 0 Å². The van der Waals surface area contributed by atoms with Crippen molar-refractivity contribution in [3.63, 3.8) is 0 Å². The van der Waals surface area contributed by atoms with Gasteiger partial charge in [-0.15, -0.1) is 0 Å². The van der Waals surface area contributed by atoms with Crippen LogP contribution in [0.5, 0.6) is 0 Å². The first-order chi connectivity index (χ1) is 11.9. The maximum Gasteiger partial charge on any atom is 0.217 e. The molecular formula is C18H27NO6. The van der Waals surface area contributed by atoms with E-state index in [-0.39, 0.29) is 12.7 Å². The molecule has 7 nitrogen and oxygen atoms in total. The van der Waals surface area contributed by atoms with Gasteiger partial charge in [0.25, 0.3) is 0 Å². The third-order valence-corrected chi connectivity index (χ3v) is 4.79. The molecule has 140 valence electrons. The van der Waals surface area contributed by atoms with E-state index in [2.05, 4.69) is 0 Å². The van der Waals surface area contributed by atoms with Gasteiger partial charge in [0.15, 0.2) is 5.79 Å². The van der Waals surface area contributed by atoms with E-state index in [0.717, 1.165) is 5.56 Å². The minimum atomic E-state index is -1.28. The van der Waals surface area contributed by atoms with Crippen molar-refractivity contribution in [3.8, 4) is 0 Å². The normalized spacial score (nSPS) is 32.0. The highest BCUT2D eigenvalue weighted by molar-refractivity contribution is 5.15. The van der Waals surface area contributed by atoms with Crippen LogP contribution in [0.15, 0.2) is 30.3 Å². The standard InChI is InChI=1S/C18H27NO6/c1-17(2)23-11-14(25-17)16-18(21-3,22-4)15(20)12-24-19(16)10-13-8-6-5-7-9-13/h5-9,14-16,20H,10-12H2,1-4H3/t14-,15+,16-/m1/s1. The lowest BCUT2D eigenvalue weighted by molar-refractivity contribution is -0.394. The summed E-state index contributed by atoms with van der Waals surface area (Å²) < 4.78 is 23.1. The van der Waals surface area contributed by atoms with Gasteiger partial charge in [-0.3, -0.25) is 4.84 Å². The van der Waals surface area contributed by atoms with E-state index in [1.807, 2.05) is 44.2 Å².